The Morgan fingerprint density at radius 3 is 2.34 bits per heavy atom. The zero-order valence-corrected chi connectivity index (χ0v) is 24.1. The molecule has 206 valence electrons. The van der Waals surface area contributed by atoms with Gasteiger partial charge in [0.25, 0.3) is 5.91 Å². The molecule has 5 aromatic rings. The molecule has 0 saturated carbocycles. The molecule has 5 rings (SSSR count). The minimum absolute atomic E-state index is 0.328. The molecule has 41 heavy (non-hydrogen) atoms. The summed E-state index contributed by atoms with van der Waals surface area (Å²) in [5, 5.41) is 11.4. The molecule has 7 nitrogen and oxygen atoms in total. The number of methoxy groups -OCH3 is 1. The Hall–Kier alpha value is -4.37. The molecule has 1 heterocycles. The van der Waals surface area contributed by atoms with Crippen LogP contribution in [0.25, 0.3) is 11.3 Å². The second kappa shape index (κ2) is 13.3. The van der Waals surface area contributed by atoms with Crippen molar-refractivity contribution in [2.75, 3.05) is 12.4 Å². The highest BCUT2D eigenvalue weighted by molar-refractivity contribution is 7.14. The Labute approximate surface area is 251 Å². The summed E-state index contributed by atoms with van der Waals surface area (Å²) >= 11 is 13.4. The number of carbonyl (C=O) groups is 1. The summed E-state index contributed by atoms with van der Waals surface area (Å²) in [6.45, 7) is 0.375. The van der Waals surface area contributed by atoms with Crippen LogP contribution in [0.1, 0.15) is 21.5 Å². The van der Waals surface area contributed by atoms with Crippen LogP contribution in [0.2, 0.25) is 10.0 Å². The summed E-state index contributed by atoms with van der Waals surface area (Å²) in [6, 6.07) is 27.5. The van der Waals surface area contributed by atoms with Crippen LogP contribution >= 0.6 is 34.5 Å². The second-order valence-electron chi connectivity index (χ2n) is 8.77. The molecule has 0 bridgehead atoms. The Morgan fingerprint density at radius 2 is 1.63 bits per heavy atom. The topological polar surface area (TPSA) is 84.8 Å². The van der Waals surface area contributed by atoms with Gasteiger partial charge in [-0.05, 0) is 77.9 Å². The van der Waals surface area contributed by atoms with Crippen molar-refractivity contribution in [2.24, 2.45) is 5.10 Å². The normalized spacial score (nSPS) is 10.9. The maximum Gasteiger partial charge on any atom is 0.271 e. The van der Waals surface area contributed by atoms with Crippen molar-refractivity contribution in [2.45, 2.75) is 6.61 Å². The van der Waals surface area contributed by atoms with Crippen molar-refractivity contribution >= 4 is 57.5 Å². The largest absolute Gasteiger partial charge is 0.493 e. The summed E-state index contributed by atoms with van der Waals surface area (Å²) in [5.74, 6) is 0.821. The van der Waals surface area contributed by atoms with Crippen molar-refractivity contribution in [3.8, 4) is 22.8 Å². The number of carbonyl (C=O) groups excluding carboxylic acids is 1. The number of nitrogens with one attached hydrogen (secondary N) is 2. The fourth-order valence-electron chi connectivity index (χ4n) is 3.77. The molecular formula is C31H24Cl2N4O3S. The third-order valence-corrected chi connectivity index (χ3v) is 7.18. The third-order valence-electron chi connectivity index (χ3n) is 5.92. The van der Waals surface area contributed by atoms with Gasteiger partial charge in [-0.2, -0.15) is 5.10 Å². The van der Waals surface area contributed by atoms with Crippen LogP contribution in [-0.2, 0) is 6.61 Å². The minimum atomic E-state index is -0.328. The minimum Gasteiger partial charge on any atom is -0.493 e. The fourth-order valence-corrected chi connectivity index (χ4v) is 4.76. The first-order chi connectivity index (χ1) is 20.0. The van der Waals surface area contributed by atoms with Gasteiger partial charge in [-0.25, -0.2) is 10.4 Å². The molecule has 2 N–H and O–H groups in total. The summed E-state index contributed by atoms with van der Waals surface area (Å²) < 4.78 is 11.4. The van der Waals surface area contributed by atoms with Gasteiger partial charge in [0, 0.05) is 32.2 Å². The van der Waals surface area contributed by atoms with Crippen LogP contribution in [0, 0.1) is 0 Å². The van der Waals surface area contributed by atoms with E-state index in [1.165, 1.54) is 11.3 Å². The van der Waals surface area contributed by atoms with Crippen molar-refractivity contribution < 1.29 is 14.3 Å². The number of aromatic nitrogens is 1. The highest BCUT2D eigenvalue weighted by atomic mass is 35.5. The smallest absolute Gasteiger partial charge is 0.271 e. The van der Waals surface area contributed by atoms with Gasteiger partial charge >= 0.3 is 0 Å². The lowest BCUT2D eigenvalue weighted by molar-refractivity contribution is 0.0955. The predicted molar refractivity (Wildman–Crippen MR) is 166 cm³/mol. The molecule has 0 unspecified atom stereocenters. The van der Waals surface area contributed by atoms with Crippen LogP contribution in [0.5, 0.6) is 11.5 Å². The molecule has 0 atom stereocenters. The van der Waals surface area contributed by atoms with E-state index in [1.807, 2.05) is 72.1 Å². The van der Waals surface area contributed by atoms with Gasteiger partial charge in [0.1, 0.15) is 6.61 Å². The number of halogens is 2. The molecule has 10 heteroatoms. The highest BCUT2D eigenvalue weighted by Gasteiger charge is 2.09. The fraction of sp³-hybridized carbons (Fsp3) is 0.0645. The van der Waals surface area contributed by atoms with Crippen LogP contribution in [0.4, 0.5) is 10.8 Å². The number of benzene rings is 4. The summed E-state index contributed by atoms with van der Waals surface area (Å²) in [5.41, 5.74) is 7.37. The van der Waals surface area contributed by atoms with Gasteiger partial charge in [0.15, 0.2) is 16.6 Å². The van der Waals surface area contributed by atoms with Gasteiger partial charge in [0.2, 0.25) is 0 Å². The summed E-state index contributed by atoms with van der Waals surface area (Å²) in [7, 11) is 1.57. The molecule has 0 saturated heterocycles. The number of hydrogen-bond donors (Lipinski definition) is 2. The number of hydrogen-bond acceptors (Lipinski definition) is 7. The molecule has 0 aliphatic heterocycles. The van der Waals surface area contributed by atoms with Crippen LogP contribution in [0.15, 0.2) is 101 Å². The number of rotatable bonds is 10. The standard InChI is InChI=1S/C31H24Cl2N4O3S/c1-39-29-16-21(4-15-28(29)40-18-20-2-9-24(32)10-3-20)17-34-37-30(38)23-7-5-22(6-8-23)27-19-41-31(36-27)35-26-13-11-25(33)12-14-26/h2-17,19H,18H2,1H3,(H,35,36)(H,37,38)/b34-17-. The zero-order chi connectivity index (χ0) is 28.6. The Kier molecular flexibility index (Phi) is 9.15. The van der Waals surface area contributed by atoms with Crippen LogP contribution < -0.4 is 20.2 Å². The molecule has 0 aliphatic rings. The van der Waals surface area contributed by atoms with E-state index in [0.29, 0.717) is 33.7 Å². The van der Waals surface area contributed by atoms with Crippen LogP contribution in [0.3, 0.4) is 0 Å². The van der Waals surface area contributed by atoms with E-state index in [-0.39, 0.29) is 5.91 Å². The van der Waals surface area contributed by atoms with Gasteiger partial charge in [-0.3, -0.25) is 4.79 Å². The zero-order valence-electron chi connectivity index (χ0n) is 21.8. The third kappa shape index (κ3) is 7.64. The highest BCUT2D eigenvalue weighted by Crippen LogP contribution is 2.29. The van der Waals surface area contributed by atoms with E-state index < -0.39 is 0 Å². The maximum atomic E-state index is 12.6. The molecular weight excluding hydrogens is 579 g/mol. The molecule has 0 spiro atoms. The van der Waals surface area contributed by atoms with Crippen molar-refractivity contribution in [1.82, 2.24) is 10.4 Å². The average molecular weight is 604 g/mol. The molecule has 1 amide bonds. The predicted octanol–water partition coefficient (Wildman–Crippen LogP) is 8.21. The van der Waals surface area contributed by atoms with Gasteiger partial charge < -0.3 is 14.8 Å². The molecule has 0 fully saturated rings. The lowest BCUT2D eigenvalue weighted by Crippen LogP contribution is -2.17. The first kappa shape index (κ1) is 28.2. The SMILES string of the molecule is COc1cc(/C=N\NC(=O)c2ccc(-c3csc(Nc4ccc(Cl)cc4)n3)cc2)ccc1OCc1ccc(Cl)cc1. The van der Waals surface area contributed by atoms with Crippen molar-refractivity contribution in [3.05, 3.63) is 123 Å². The second-order valence-corrected chi connectivity index (χ2v) is 10.5. The number of hydrazone groups is 1. The van der Waals surface area contributed by atoms with Crippen molar-refractivity contribution in [1.29, 1.82) is 0 Å². The number of anilines is 2. The van der Waals surface area contributed by atoms with E-state index >= 15 is 0 Å². The summed E-state index contributed by atoms with van der Waals surface area (Å²) in [4.78, 5) is 17.3. The van der Waals surface area contributed by atoms with E-state index in [1.54, 1.807) is 37.6 Å². The molecule has 1 aromatic heterocycles. The summed E-state index contributed by atoms with van der Waals surface area (Å²) in [6.07, 6.45) is 1.54. The van der Waals surface area contributed by atoms with E-state index in [0.717, 1.165) is 33.2 Å². The quantitative estimate of drug-likeness (QED) is 0.124. The first-order valence-corrected chi connectivity index (χ1v) is 14.1. The Balaban J connectivity index is 1.15. The lowest BCUT2D eigenvalue weighted by atomic mass is 10.1. The lowest BCUT2D eigenvalue weighted by Gasteiger charge is -2.11. The number of amides is 1. The Morgan fingerprint density at radius 1 is 0.927 bits per heavy atom. The van der Waals surface area contributed by atoms with Gasteiger partial charge in [-0.15, -0.1) is 11.3 Å². The number of thiazole rings is 1. The van der Waals surface area contributed by atoms with E-state index in [2.05, 4.69) is 20.8 Å². The maximum absolute atomic E-state index is 12.6. The monoisotopic (exact) mass is 602 g/mol. The Bertz CT molecular complexity index is 1650. The average Bonchev–Trinajstić information content (AvgIpc) is 3.47. The van der Waals surface area contributed by atoms with Gasteiger partial charge in [-0.1, -0.05) is 47.5 Å². The molecule has 4 aromatic carbocycles. The molecule has 0 radical (unpaired) electrons. The van der Waals surface area contributed by atoms with Crippen LogP contribution in [-0.4, -0.2) is 24.2 Å². The van der Waals surface area contributed by atoms with Gasteiger partial charge in [0.05, 0.1) is 19.0 Å². The number of ether oxygens (including phenoxy) is 2. The first-order valence-electron chi connectivity index (χ1n) is 12.4. The number of nitrogens with zero attached hydrogens (tertiary/aromatic N) is 2. The van der Waals surface area contributed by atoms with E-state index in [9.17, 15) is 4.79 Å². The molecule has 0 aliphatic carbocycles. The van der Waals surface area contributed by atoms with E-state index in [4.69, 9.17) is 32.7 Å². The van der Waals surface area contributed by atoms with Crippen molar-refractivity contribution in [3.63, 3.8) is 0 Å².